The van der Waals surface area contributed by atoms with Crippen LogP contribution in [0.4, 0.5) is 5.82 Å². The number of likely N-dealkylation sites (N-methyl/N-ethyl adjacent to an activating group) is 1. The van der Waals surface area contributed by atoms with Crippen LogP contribution in [-0.2, 0) is 0 Å². The smallest absolute Gasteiger partial charge is 0.151 e. The Morgan fingerprint density at radius 2 is 1.90 bits per heavy atom. The molecule has 3 aliphatic rings. The second kappa shape index (κ2) is 4.70. The first kappa shape index (κ1) is 12.1. The van der Waals surface area contributed by atoms with E-state index in [1.165, 1.54) is 12.0 Å². The largest absolute Gasteiger partial charge is 0.353 e. The predicted molar refractivity (Wildman–Crippen MR) is 80.5 cm³/mol. The van der Waals surface area contributed by atoms with Crippen molar-refractivity contribution in [3.05, 3.63) is 36.1 Å². The molecule has 1 saturated carbocycles. The molecule has 0 aromatic carbocycles. The van der Waals surface area contributed by atoms with Gasteiger partial charge < -0.3 is 9.80 Å². The number of nitrogens with zero attached hydrogens (tertiary/aromatic N) is 4. The number of allylic oxidation sites excluding steroid dienone is 4. The lowest BCUT2D eigenvalue weighted by atomic mass is 10.0. The van der Waals surface area contributed by atoms with E-state index in [0.29, 0.717) is 0 Å². The average Bonchev–Trinajstić information content (AvgIpc) is 3.27. The van der Waals surface area contributed by atoms with Crippen LogP contribution in [0, 0.1) is 11.8 Å². The van der Waals surface area contributed by atoms with Crippen LogP contribution < -0.4 is 4.90 Å². The van der Waals surface area contributed by atoms with Crippen molar-refractivity contribution in [2.75, 3.05) is 38.1 Å². The summed E-state index contributed by atoms with van der Waals surface area (Å²) >= 11 is 0. The van der Waals surface area contributed by atoms with E-state index < -0.39 is 0 Å². The number of rotatable bonds is 2. The van der Waals surface area contributed by atoms with Crippen molar-refractivity contribution in [2.45, 2.75) is 6.42 Å². The summed E-state index contributed by atoms with van der Waals surface area (Å²) in [6.07, 6.45) is 8.18. The van der Waals surface area contributed by atoms with Gasteiger partial charge in [0.15, 0.2) is 5.82 Å². The molecule has 2 atom stereocenters. The highest BCUT2D eigenvalue weighted by molar-refractivity contribution is 5.74. The van der Waals surface area contributed by atoms with Crippen LogP contribution in [0.2, 0.25) is 0 Å². The lowest BCUT2D eigenvalue weighted by molar-refractivity contribution is 0.312. The monoisotopic (exact) mass is 268 g/mol. The van der Waals surface area contributed by atoms with Gasteiger partial charge in [-0.2, -0.15) is 0 Å². The van der Waals surface area contributed by atoms with Crippen LogP contribution in [0.3, 0.4) is 0 Å². The number of piperazine rings is 1. The average molecular weight is 268 g/mol. The van der Waals surface area contributed by atoms with E-state index in [4.69, 9.17) is 0 Å². The third kappa shape index (κ3) is 2.24. The molecule has 4 heteroatoms. The van der Waals surface area contributed by atoms with Gasteiger partial charge in [-0.1, -0.05) is 18.2 Å². The van der Waals surface area contributed by atoms with Crippen molar-refractivity contribution in [3.63, 3.8) is 0 Å². The molecule has 1 saturated heterocycles. The molecular formula is C16H20N4. The van der Waals surface area contributed by atoms with Gasteiger partial charge in [0.2, 0.25) is 0 Å². The second-order valence-electron chi connectivity index (χ2n) is 6.11. The molecule has 2 fully saturated rings. The Morgan fingerprint density at radius 3 is 2.60 bits per heavy atom. The van der Waals surface area contributed by atoms with E-state index in [1.807, 2.05) is 0 Å². The first-order valence-electron chi connectivity index (χ1n) is 7.47. The Morgan fingerprint density at radius 1 is 1.05 bits per heavy atom. The highest BCUT2D eigenvalue weighted by atomic mass is 15.3. The molecule has 1 aliphatic heterocycles. The van der Waals surface area contributed by atoms with Gasteiger partial charge in [0.25, 0.3) is 0 Å². The fraction of sp³-hybridized carbons (Fsp3) is 0.500. The van der Waals surface area contributed by atoms with E-state index in [-0.39, 0.29) is 0 Å². The van der Waals surface area contributed by atoms with Gasteiger partial charge in [0, 0.05) is 26.2 Å². The molecule has 1 aromatic heterocycles. The zero-order valence-corrected chi connectivity index (χ0v) is 11.9. The number of fused-ring (bicyclic) bond motifs is 1. The number of hydrogen-bond donors (Lipinski definition) is 0. The van der Waals surface area contributed by atoms with Gasteiger partial charge in [-0.15, -0.1) is 10.2 Å². The fourth-order valence-electron chi connectivity index (χ4n) is 3.02. The molecular weight excluding hydrogens is 248 g/mol. The van der Waals surface area contributed by atoms with E-state index in [0.717, 1.165) is 49.5 Å². The van der Waals surface area contributed by atoms with Crippen molar-refractivity contribution in [1.29, 1.82) is 0 Å². The van der Waals surface area contributed by atoms with E-state index in [9.17, 15) is 0 Å². The Kier molecular flexibility index (Phi) is 2.84. The van der Waals surface area contributed by atoms with Crippen molar-refractivity contribution in [3.8, 4) is 0 Å². The van der Waals surface area contributed by atoms with E-state index >= 15 is 0 Å². The Hall–Kier alpha value is -1.68. The minimum atomic E-state index is 0.758. The third-order valence-corrected chi connectivity index (χ3v) is 4.58. The fourth-order valence-corrected chi connectivity index (χ4v) is 3.02. The number of anilines is 1. The van der Waals surface area contributed by atoms with Crippen molar-refractivity contribution in [2.24, 2.45) is 11.8 Å². The Bertz CT molecular complexity index is 552. The number of aromatic nitrogens is 2. The van der Waals surface area contributed by atoms with Crippen LogP contribution in [0.25, 0.3) is 5.57 Å². The molecule has 4 nitrogen and oxygen atoms in total. The molecule has 2 heterocycles. The summed E-state index contributed by atoms with van der Waals surface area (Å²) in [4.78, 5) is 4.67. The van der Waals surface area contributed by atoms with Gasteiger partial charge in [0.1, 0.15) is 0 Å². The molecule has 4 rings (SSSR count). The molecule has 0 radical (unpaired) electrons. The highest BCUT2D eigenvalue weighted by Crippen LogP contribution is 2.45. The third-order valence-electron chi connectivity index (χ3n) is 4.58. The zero-order valence-electron chi connectivity index (χ0n) is 11.9. The maximum atomic E-state index is 4.42. The first-order valence-corrected chi connectivity index (χ1v) is 7.47. The van der Waals surface area contributed by atoms with Gasteiger partial charge in [-0.25, -0.2) is 0 Å². The summed E-state index contributed by atoms with van der Waals surface area (Å²) in [7, 11) is 2.17. The summed E-state index contributed by atoms with van der Waals surface area (Å²) in [5, 5.41) is 8.85. The van der Waals surface area contributed by atoms with Gasteiger partial charge in [-0.3, -0.25) is 0 Å². The molecule has 104 valence electrons. The molecule has 0 N–H and O–H groups in total. The molecule has 1 aromatic rings. The Balaban J connectivity index is 1.50. The van der Waals surface area contributed by atoms with Crippen molar-refractivity contribution < 1.29 is 0 Å². The zero-order chi connectivity index (χ0) is 13.5. The maximum Gasteiger partial charge on any atom is 0.151 e. The van der Waals surface area contributed by atoms with Crippen molar-refractivity contribution in [1.82, 2.24) is 15.1 Å². The molecule has 20 heavy (non-hydrogen) atoms. The van der Waals surface area contributed by atoms with Crippen LogP contribution in [0.5, 0.6) is 0 Å². The second-order valence-corrected chi connectivity index (χ2v) is 6.11. The normalized spacial score (nSPS) is 29.1. The van der Waals surface area contributed by atoms with Gasteiger partial charge in [0.05, 0.1) is 5.69 Å². The Labute approximate surface area is 119 Å². The summed E-state index contributed by atoms with van der Waals surface area (Å²) in [6.45, 7) is 4.27. The quantitative estimate of drug-likeness (QED) is 0.819. The standard InChI is InChI=1S/C16H20N4/c1-19-6-8-20(9-7-19)16-5-4-15(17-18-16)13-3-2-12-10-14(12)11-13/h2-5,11-12,14H,6-10H2,1H3. The van der Waals surface area contributed by atoms with Gasteiger partial charge >= 0.3 is 0 Å². The first-order chi connectivity index (χ1) is 9.79. The molecule has 0 spiro atoms. The van der Waals surface area contributed by atoms with Crippen LogP contribution in [0.15, 0.2) is 30.4 Å². The minimum Gasteiger partial charge on any atom is -0.353 e. The minimum absolute atomic E-state index is 0.758. The molecule has 2 aliphatic carbocycles. The van der Waals surface area contributed by atoms with Crippen LogP contribution in [0.1, 0.15) is 12.1 Å². The number of hydrogen-bond acceptors (Lipinski definition) is 4. The van der Waals surface area contributed by atoms with E-state index in [1.54, 1.807) is 0 Å². The van der Waals surface area contributed by atoms with Crippen LogP contribution >= 0.6 is 0 Å². The molecule has 0 bridgehead atoms. The maximum absolute atomic E-state index is 4.42. The van der Waals surface area contributed by atoms with E-state index in [2.05, 4.69) is 57.4 Å². The summed E-state index contributed by atoms with van der Waals surface area (Å²) < 4.78 is 0. The summed E-state index contributed by atoms with van der Waals surface area (Å²) in [5.41, 5.74) is 2.24. The molecule has 2 unspecified atom stereocenters. The van der Waals surface area contributed by atoms with Crippen LogP contribution in [-0.4, -0.2) is 48.3 Å². The van der Waals surface area contributed by atoms with Crippen molar-refractivity contribution >= 4 is 11.4 Å². The predicted octanol–water partition coefficient (Wildman–Crippen LogP) is 1.82. The molecule has 0 amide bonds. The lowest BCUT2D eigenvalue weighted by Gasteiger charge is -2.32. The summed E-state index contributed by atoms with van der Waals surface area (Å²) in [6, 6.07) is 4.22. The topological polar surface area (TPSA) is 32.3 Å². The SMILES string of the molecule is CN1CCN(c2ccc(C3=CC4CC4C=C3)nn2)CC1. The highest BCUT2D eigenvalue weighted by Gasteiger charge is 2.35. The summed E-state index contributed by atoms with van der Waals surface area (Å²) in [5.74, 6) is 2.57. The van der Waals surface area contributed by atoms with Gasteiger partial charge in [-0.05, 0) is 43.0 Å². The lowest BCUT2D eigenvalue weighted by Crippen LogP contribution is -2.44.